The van der Waals surface area contributed by atoms with E-state index in [4.69, 9.17) is 11.6 Å². The molecule has 0 saturated heterocycles. The smallest absolute Gasteiger partial charge is 0.0725 e. The van der Waals surface area contributed by atoms with Crippen molar-refractivity contribution in [1.82, 2.24) is 0 Å². The Labute approximate surface area is 243 Å². The number of halogens is 1. The molecule has 5 aromatic rings. The minimum Gasteiger partial charge on any atom is -0.0843 e. The molecule has 7 rings (SSSR count). The molecule has 2 aliphatic carbocycles. The van der Waals surface area contributed by atoms with Crippen molar-refractivity contribution in [2.75, 3.05) is 0 Å². The van der Waals surface area contributed by atoms with Gasteiger partial charge in [0.15, 0.2) is 0 Å². The summed E-state index contributed by atoms with van der Waals surface area (Å²) in [6.45, 7) is 13.9. The summed E-state index contributed by atoms with van der Waals surface area (Å²) in [6, 6.07) is 38.7. The fraction of sp³-hybridized carbons (Fsp3) is 0.231. The Balaban J connectivity index is 1.70. The molecule has 0 amide bonds. The largest absolute Gasteiger partial charge is 0.0843 e. The summed E-state index contributed by atoms with van der Waals surface area (Å²) < 4.78 is 0. The molecule has 0 unspecified atom stereocenters. The Hall–Kier alpha value is -3.61. The maximum Gasteiger partial charge on any atom is 0.0725 e. The molecule has 40 heavy (non-hydrogen) atoms. The van der Waals surface area contributed by atoms with Gasteiger partial charge < -0.3 is 0 Å². The van der Waals surface area contributed by atoms with Crippen molar-refractivity contribution in [3.63, 3.8) is 0 Å². The lowest BCUT2D eigenvalue weighted by atomic mass is 9.68. The van der Waals surface area contributed by atoms with Crippen LogP contribution in [0.5, 0.6) is 0 Å². The summed E-state index contributed by atoms with van der Waals surface area (Å²) >= 11 is 6.37. The van der Waals surface area contributed by atoms with Crippen LogP contribution in [0.2, 0.25) is 5.02 Å². The minimum atomic E-state index is -0.373. The summed E-state index contributed by atoms with van der Waals surface area (Å²) in [5, 5.41) is 0.762. The fourth-order valence-corrected chi connectivity index (χ4v) is 7.14. The van der Waals surface area contributed by atoms with Crippen LogP contribution in [-0.2, 0) is 16.2 Å². The highest BCUT2D eigenvalue weighted by Crippen LogP contribution is 2.64. The molecule has 198 valence electrons. The Bertz CT molecular complexity index is 1760. The van der Waals surface area contributed by atoms with E-state index in [-0.39, 0.29) is 16.2 Å². The van der Waals surface area contributed by atoms with E-state index in [0.29, 0.717) is 0 Å². The zero-order chi connectivity index (χ0) is 28.0. The van der Waals surface area contributed by atoms with Gasteiger partial charge in [-0.25, -0.2) is 0 Å². The maximum atomic E-state index is 6.37. The summed E-state index contributed by atoms with van der Waals surface area (Å²) in [5.41, 5.74) is 15.8. The highest BCUT2D eigenvalue weighted by molar-refractivity contribution is 6.30. The van der Waals surface area contributed by atoms with Crippen LogP contribution in [0.1, 0.15) is 74.9 Å². The van der Waals surface area contributed by atoms with Gasteiger partial charge in [0, 0.05) is 5.02 Å². The lowest BCUT2D eigenvalue weighted by molar-refractivity contribution is 0.586. The second kappa shape index (κ2) is 8.45. The van der Waals surface area contributed by atoms with Crippen LogP contribution >= 0.6 is 11.6 Å². The summed E-state index contributed by atoms with van der Waals surface area (Å²) in [6.07, 6.45) is 0. The monoisotopic (exact) mass is 538 g/mol. The molecule has 1 heteroatoms. The molecule has 2 aliphatic rings. The number of fused-ring (bicyclic) bond motifs is 10. The SMILES string of the molecule is CC(C)(C)c1ccc2c(c1)C1(c3ccccc3-c3ccccc31)c1cc(C(C)(C)C)cc(-c3ccc(Cl)cc3)c1-2. The molecule has 0 bridgehead atoms. The lowest BCUT2D eigenvalue weighted by Crippen LogP contribution is -2.27. The van der Waals surface area contributed by atoms with E-state index in [9.17, 15) is 0 Å². The van der Waals surface area contributed by atoms with E-state index in [1.165, 1.54) is 66.8 Å². The molecular formula is C39H35Cl. The van der Waals surface area contributed by atoms with Crippen LogP contribution in [0.3, 0.4) is 0 Å². The first kappa shape index (κ1) is 25.4. The van der Waals surface area contributed by atoms with Crippen LogP contribution in [0.4, 0.5) is 0 Å². The average Bonchev–Trinajstić information content (AvgIpc) is 3.39. The first-order valence-electron chi connectivity index (χ1n) is 14.3. The van der Waals surface area contributed by atoms with Crippen LogP contribution < -0.4 is 0 Å². The van der Waals surface area contributed by atoms with Gasteiger partial charge in [-0.1, -0.05) is 138 Å². The Kier molecular flexibility index (Phi) is 5.36. The van der Waals surface area contributed by atoms with Gasteiger partial charge in [-0.05, 0) is 95.8 Å². The normalized spacial score (nSPS) is 14.6. The highest BCUT2D eigenvalue weighted by atomic mass is 35.5. The molecule has 0 fully saturated rings. The quantitative estimate of drug-likeness (QED) is 0.195. The van der Waals surface area contributed by atoms with Gasteiger partial charge in [-0.15, -0.1) is 0 Å². The molecule has 0 heterocycles. The Morgan fingerprint density at radius 2 is 1.02 bits per heavy atom. The first-order chi connectivity index (χ1) is 19.0. The second-order valence-electron chi connectivity index (χ2n) is 13.6. The Morgan fingerprint density at radius 3 is 1.60 bits per heavy atom. The van der Waals surface area contributed by atoms with Gasteiger partial charge in [-0.2, -0.15) is 0 Å². The third-order valence-corrected chi connectivity index (χ3v) is 9.33. The van der Waals surface area contributed by atoms with E-state index >= 15 is 0 Å². The number of benzene rings is 5. The minimum absolute atomic E-state index is 0.0135. The van der Waals surface area contributed by atoms with Crippen LogP contribution in [-0.4, -0.2) is 0 Å². The fourth-order valence-electron chi connectivity index (χ4n) is 7.02. The van der Waals surface area contributed by atoms with Gasteiger partial charge in [0.05, 0.1) is 5.41 Å². The molecule has 0 nitrogen and oxygen atoms in total. The van der Waals surface area contributed by atoms with E-state index in [0.717, 1.165) is 5.02 Å². The zero-order valence-electron chi connectivity index (χ0n) is 24.2. The molecule has 0 atom stereocenters. The van der Waals surface area contributed by atoms with Crippen molar-refractivity contribution in [3.05, 3.63) is 142 Å². The van der Waals surface area contributed by atoms with Crippen molar-refractivity contribution < 1.29 is 0 Å². The highest BCUT2D eigenvalue weighted by Gasteiger charge is 2.52. The van der Waals surface area contributed by atoms with Crippen molar-refractivity contribution in [2.45, 2.75) is 57.8 Å². The molecule has 5 aromatic carbocycles. The predicted octanol–water partition coefficient (Wildman–Crippen LogP) is 10.9. The number of hydrogen-bond donors (Lipinski definition) is 0. The summed E-state index contributed by atoms with van der Waals surface area (Å²) in [4.78, 5) is 0. The third kappa shape index (κ3) is 3.45. The lowest BCUT2D eigenvalue weighted by Gasteiger charge is -2.33. The van der Waals surface area contributed by atoms with Crippen LogP contribution in [0, 0.1) is 0 Å². The summed E-state index contributed by atoms with van der Waals surface area (Å²) in [7, 11) is 0. The van der Waals surface area contributed by atoms with Crippen molar-refractivity contribution in [3.8, 4) is 33.4 Å². The topological polar surface area (TPSA) is 0 Å². The van der Waals surface area contributed by atoms with Crippen molar-refractivity contribution in [2.24, 2.45) is 0 Å². The molecular weight excluding hydrogens is 504 g/mol. The van der Waals surface area contributed by atoms with E-state index in [1.54, 1.807) is 0 Å². The zero-order valence-corrected chi connectivity index (χ0v) is 24.9. The predicted molar refractivity (Wildman–Crippen MR) is 171 cm³/mol. The molecule has 0 aliphatic heterocycles. The van der Waals surface area contributed by atoms with Crippen molar-refractivity contribution >= 4 is 11.6 Å². The number of hydrogen-bond acceptors (Lipinski definition) is 0. The molecule has 0 N–H and O–H groups in total. The second-order valence-corrected chi connectivity index (χ2v) is 14.0. The number of rotatable bonds is 1. The van der Waals surface area contributed by atoms with E-state index < -0.39 is 0 Å². The van der Waals surface area contributed by atoms with Gasteiger partial charge >= 0.3 is 0 Å². The maximum absolute atomic E-state index is 6.37. The van der Waals surface area contributed by atoms with Gasteiger partial charge in [0.2, 0.25) is 0 Å². The molecule has 1 spiro atoms. The van der Waals surface area contributed by atoms with Gasteiger partial charge in [0.1, 0.15) is 0 Å². The van der Waals surface area contributed by atoms with Crippen LogP contribution in [0.15, 0.2) is 103 Å². The third-order valence-electron chi connectivity index (χ3n) is 9.07. The molecule has 0 aromatic heterocycles. The van der Waals surface area contributed by atoms with Gasteiger partial charge in [0.25, 0.3) is 0 Å². The standard InChI is InChI=1S/C39H35Cl/c1-37(2,3)25-17-20-30-34(22-25)39(32-13-9-7-11-28(32)29-12-8-10-14-33(29)39)35-23-26(38(4,5)6)21-31(36(30)35)24-15-18-27(40)19-16-24/h7-23H,1-6H3. The van der Waals surface area contributed by atoms with Crippen LogP contribution in [0.25, 0.3) is 33.4 Å². The van der Waals surface area contributed by atoms with Gasteiger partial charge in [-0.3, -0.25) is 0 Å². The molecule has 0 saturated carbocycles. The van der Waals surface area contributed by atoms with Crippen molar-refractivity contribution in [1.29, 1.82) is 0 Å². The van der Waals surface area contributed by atoms with E-state index in [2.05, 4.69) is 133 Å². The average molecular weight is 539 g/mol. The Morgan fingerprint density at radius 1 is 0.475 bits per heavy atom. The van der Waals surface area contributed by atoms with E-state index in [1.807, 2.05) is 12.1 Å². The molecule has 0 radical (unpaired) electrons. The first-order valence-corrected chi connectivity index (χ1v) is 14.7. The summed E-state index contributed by atoms with van der Waals surface area (Å²) in [5.74, 6) is 0.